The minimum Gasteiger partial charge on any atom is -0.379 e. The number of benzene rings is 1. The van der Waals surface area contributed by atoms with E-state index in [1.54, 1.807) is 10.7 Å². The number of ether oxygens (including phenoxy) is 1. The van der Waals surface area contributed by atoms with E-state index in [1.165, 1.54) is 12.1 Å². The molecule has 0 bridgehead atoms. The molecule has 0 saturated carbocycles. The van der Waals surface area contributed by atoms with E-state index in [1.807, 2.05) is 0 Å². The fourth-order valence-corrected chi connectivity index (χ4v) is 4.00. The summed E-state index contributed by atoms with van der Waals surface area (Å²) in [5.74, 6) is 0. The minimum absolute atomic E-state index is 0.0204. The molecular formula is C20H25F3N4O2. The molecule has 2 aromatic rings. The molecule has 2 aliphatic heterocycles. The van der Waals surface area contributed by atoms with E-state index in [0.717, 1.165) is 50.2 Å². The van der Waals surface area contributed by atoms with Crippen LogP contribution in [0, 0.1) is 0 Å². The first-order chi connectivity index (χ1) is 13.9. The number of H-pyrrole nitrogens is 1. The average Bonchev–Trinajstić information content (AvgIpc) is 3.02. The first-order valence-electron chi connectivity index (χ1n) is 9.89. The minimum atomic E-state index is -4.34. The quantitative estimate of drug-likeness (QED) is 0.820. The van der Waals surface area contributed by atoms with E-state index in [-0.39, 0.29) is 5.56 Å². The Kier molecular flexibility index (Phi) is 5.80. The zero-order chi connectivity index (χ0) is 20.4. The Labute approximate surface area is 166 Å². The maximum Gasteiger partial charge on any atom is 0.416 e. The van der Waals surface area contributed by atoms with Gasteiger partial charge in [-0.2, -0.15) is 13.2 Å². The largest absolute Gasteiger partial charge is 0.416 e. The van der Waals surface area contributed by atoms with Gasteiger partial charge in [0.25, 0.3) is 5.56 Å². The number of fused-ring (bicyclic) bond motifs is 1. The smallest absolute Gasteiger partial charge is 0.379 e. The van der Waals surface area contributed by atoms with Crippen molar-refractivity contribution < 1.29 is 17.9 Å². The molecule has 0 radical (unpaired) electrons. The predicted octanol–water partition coefficient (Wildman–Crippen LogP) is 2.09. The van der Waals surface area contributed by atoms with Gasteiger partial charge in [0, 0.05) is 44.8 Å². The number of aromatic amines is 1. The Morgan fingerprint density at radius 2 is 1.86 bits per heavy atom. The second-order valence-electron chi connectivity index (χ2n) is 7.64. The van der Waals surface area contributed by atoms with Gasteiger partial charge in [0.15, 0.2) is 0 Å². The topological polar surface area (TPSA) is 53.5 Å². The third kappa shape index (κ3) is 4.73. The van der Waals surface area contributed by atoms with Crippen LogP contribution in [0.15, 0.2) is 29.1 Å². The van der Waals surface area contributed by atoms with Gasteiger partial charge < -0.3 is 4.74 Å². The van der Waals surface area contributed by atoms with Crippen LogP contribution in [0.4, 0.5) is 13.2 Å². The third-order valence-corrected chi connectivity index (χ3v) is 5.60. The van der Waals surface area contributed by atoms with Gasteiger partial charge in [-0.05, 0) is 18.1 Å². The van der Waals surface area contributed by atoms with Crippen LogP contribution in [-0.2, 0) is 37.0 Å². The van der Waals surface area contributed by atoms with Crippen molar-refractivity contribution in [3.05, 3.63) is 57.0 Å². The Morgan fingerprint density at radius 3 is 2.62 bits per heavy atom. The summed E-state index contributed by atoms with van der Waals surface area (Å²) in [5, 5.41) is 3.22. The summed E-state index contributed by atoms with van der Waals surface area (Å²) in [5.41, 5.74) is 1.68. The van der Waals surface area contributed by atoms with Crippen molar-refractivity contribution in [2.45, 2.75) is 32.2 Å². The van der Waals surface area contributed by atoms with Crippen LogP contribution >= 0.6 is 0 Å². The number of aromatic nitrogens is 2. The lowest BCUT2D eigenvalue weighted by atomic mass is 10.1. The molecule has 6 nitrogen and oxygen atoms in total. The summed E-state index contributed by atoms with van der Waals surface area (Å²) in [7, 11) is 0. The molecule has 29 heavy (non-hydrogen) atoms. The molecule has 0 atom stereocenters. The van der Waals surface area contributed by atoms with E-state index >= 15 is 0 Å². The fraction of sp³-hybridized carbons (Fsp3) is 0.550. The highest BCUT2D eigenvalue weighted by molar-refractivity contribution is 5.26. The van der Waals surface area contributed by atoms with Crippen LogP contribution in [0.25, 0.3) is 0 Å². The standard InChI is InChI=1S/C20H25F3N4O2/c21-20(22,23)16-3-1-2-15(12-16)13-26-5-4-17-18(14-26)24-27(19(17)28)7-6-25-8-10-29-11-9-25/h1-3,12,24H,4-11,13-14H2. The van der Waals surface area contributed by atoms with Crippen molar-refractivity contribution in [2.24, 2.45) is 0 Å². The van der Waals surface area contributed by atoms with Crippen LogP contribution in [0.2, 0.25) is 0 Å². The number of halogens is 3. The van der Waals surface area contributed by atoms with Gasteiger partial charge in [0.05, 0.1) is 31.0 Å². The maximum absolute atomic E-state index is 12.9. The molecule has 1 aromatic heterocycles. The molecule has 0 spiro atoms. The van der Waals surface area contributed by atoms with Gasteiger partial charge in [-0.15, -0.1) is 0 Å². The van der Waals surface area contributed by atoms with Gasteiger partial charge in [-0.3, -0.25) is 24.4 Å². The highest BCUT2D eigenvalue weighted by Gasteiger charge is 2.30. The molecule has 2 aliphatic rings. The molecule has 1 fully saturated rings. The second kappa shape index (κ2) is 8.33. The summed E-state index contributed by atoms with van der Waals surface area (Å²) in [4.78, 5) is 17.0. The molecular weight excluding hydrogens is 385 g/mol. The molecule has 4 rings (SSSR count). The summed E-state index contributed by atoms with van der Waals surface area (Å²) >= 11 is 0. The monoisotopic (exact) mass is 410 g/mol. The maximum atomic E-state index is 12.9. The number of nitrogens with zero attached hydrogens (tertiary/aromatic N) is 3. The van der Waals surface area contributed by atoms with Crippen LogP contribution in [0.3, 0.4) is 0 Å². The molecule has 1 aromatic carbocycles. The van der Waals surface area contributed by atoms with E-state index in [4.69, 9.17) is 4.74 Å². The van der Waals surface area contributed by atoms with Crippen LogP contribution in [0.1, 0.15) is 22.4 Å². The van der Waals surface area contributed by atoms with Crippen molar-refractivity contribution in [3.8, 4) is 0 Å². The molecule has 1 N–H and O–H groups in total. The fourth-order valence-electron chi connectivity index (χ4n) is 4.00. The van der Waals surface area contributed by atoms with Gasteiger partial charge >= 0.3 is 6.18 Å². The SMILES string of the molecule is O=c1c2c([nH]n1CCN1CCOCC1)CN(Cc1cccc(C(F)(F)F)c1)CC2. The normalized spacial score (nSPS) is 18.7. The average molecular weight is 410 g/mol. The Bertz CT molecular complexity index is 900. The lowest BCUT2D eigenvalue weighted by Gasteiger charge is -2.26. The Hall–Kier alpha value is -2.10. The summed E-state index contributed by atoms with van der Waals surface area (Å²) in [6.45, 7) is 6.19. The predicted molar refractivity (Wildman–Crippen MR) is 102 cm³/mol. The number of hydrogen-bond acceptors (Lipinski definition) is 4. The van der Waals surface area contributed by atoms with Crippen LogP contribution in [0.5, 0.6) is 0 Å². The van der Waals surface area contributed by atoms with Gasteiger partial charge in [-0.25, -0.2) is 0 Å². The van der Waals surface area contributed by atoms with Gasteiger partial charge in [0.1, 0.15) is 0 Å². The van der Waals surface area contributed by atoms with Gasteiger partial charge in [0.2, 0.25) is 0 Å². The van der Waals surface area contributed by atoms with Crippen molar-refractivity contribution in [1.29, 1.82) is 0 Å². The molecule has 158 valence electrons. The number of alkyl halides is 3. The van der Waals surface area contributed by atoms with E-state index in [9.17, 15) is 18.0 Å². The van der Waals surface area contributed by atoms with Gasteiger partial charge in [-0.1, -0.05) is 18.2 Å². The van der Waals surface area contributed by atoms with Crippen molar-refractivity contribution >= 4 is 0 Å². The van der Waals surface area contributed by atoms with E-state index in [2.05, 4.69) is 14.9 Å². The van der Waals surface area contributed by atoms with Crippen molar-refractivity contribution in [1.82, 2.24) is 19.6 Å². The van der Waals surface area contributed by atoms with E-state index < -0.39 is 11.7 Å². The zero-order valence-corrected chi connectivity index (χ0v) is 16.2. The summed E-state index contributed by atoms with van der Waals surface area (Å²) in [6.07, 6.45) is -3.73. The highest BCUT2D eigenvalue weighted by Crippen LogP contribution is 2.30. The Morgan fingerprint density at radius 1 is 1.07 bits per heavy atom. The summed E-state index contributed by atoms with van der Waals surface area (Å²) in [6, 6.07) is 5.44. The van der Waals surface area contributed by atoms with Crippen molar-refractivity contribution in [3.63, 3.8) is 0 Å². The van der Waals surface area contributed by atoms with Crippen LogP contribution in [-0.4, -0.2) is 59.0 Å². The first-order valence-corrected chi connectivity index (χ1v) is 9.89. The summed E-state index contributed by atoms with van der Waals surface area (Å²) < 4.78 is 45.8. The van der Waals surface area contributed by atoms with E-state index in [0.29, 0.717) is 38.2 Å². The molecule has 3 heterocycles. The second-order valence-corrected chi connectivity index (χ2v) is 7.64. The van der Waals surface area contributed by atoms with Crippen LogP contribution < -0.4 is 5.56 Å². The number of morpholine rings is 1. The number of nitrogens with one attached hydrogen (secondary N) is 1. The first kappa shape index (κ1) is 20.2. The lowest BCUT2D eigenvalue weighted by molar-refractivity contribution is -0.137. The third-order valence-electron chi connectivity index (χ3n) is 5.60. The number of hydrogen-bond donors (Lipinski definition) is 1. The molecule has 9 heteroatoms. The lowest BCUT2D eigenvalue weighted by Crippen LogP contribution is -2.39. The van der Waals surface area contributed by atoms with Crippen molar-refractivity contribution in [2.75, 3.05) is 39.4 Å². The Balaban J connectivity index is 1.40. The molecule has 1 saturated heterocycles. The zero-order valence-electron chi connectivity index (χ0n) is 16.2. The number of rotatable bonds is 5. The highest BCUT2D eigenvalue weighted by atomic mass is 19.4. The molecule has 0 aliphatic carbocycles. The molecule has 0 amide bonds. The molecule has 0 unspecified atom stereocenters.